The second-order valence-electron chi connectivity index (χ2n) is 6.03. The Hall–Kier alpha value is -2.37. The minimum atomic E-state index is -0.372. The van der Waals surface area contributed by atoms with E-state index in [-0.39, 0.29) is 24.1 Å². The van der Waals surface area contributed by atoms with Gasteiger partial charge in [0.1, 0.15) is 5.75 Å². The number of hydrogen-bond acceptors (Lipinski definition) is 4. The molecule has 2 amide bonds. The van der Waals surface area contributed by atoms with E-state index in [1.807, 2.05) is 0 Å². The van der Waals surface area contributed by atoms with Crippen LogP contribution in [0, 0.1) is 0 Å². The molecular formula is C19H29N3O3. The maximum atomic E-state index is 11.7. The summed E-state index contributed by atoms with van der Waals surface area (Å²) in [5, 5.41) is 15.6. The van der Waals surface area contributed by atoms with Crippen molar-refractivity contribution in [1.29, 1.82) is 0 Å². The van der Waals surface area contributed by atoms with Crippen LogP contribution in [0.5, 0.6) is 5.75 Å². The lowest BCUT2D eigenvalue weighted by Gasteiger charge is -2.04. The normalized spacial score (nSPS) is 10.8. The Morgan fingerprint density at radius 2 is 1.64 bits per heavy atom. The van der Waals surface area contributed by atoms with Crippen LogP contribution in [-0.4, -0.2) is 29.7 Å². The summed E-state index contributed by atoms with van der Waals surface area (Å²) in [4.78, 5) is 23.2. The van der Waals surface area contributed by atoms with Gasteiger partial charge in [0.05, 0.1) is 12.8 Å². The van der Waals surface area contributed by atoms with E-state index in [9.17, 15) is 9.59 Å². The molecule has 25 heavy (non-hydrogen) atoms. The fourth-order valence-corrected chi connectivity index (χ4v) is 2.29. The van der Waals surface area contributed by atoms with Gasteiger partial charge in [-0.3, -0.25) is 9.59 Å². The molecule has 1 rings (SSSR count). The predicted molar refractivity (Wildman–Crippen MR) is 99.5 cm³/mol. The smallest absolute Gasteiger partial charge is 0.259 e. The third kappa shape index (κ3) is 10.9. The summed E-state index contributed by atoms with van der Waals surface area (Å²) >= 11 is 0. The molecule has 1 aromatic rings. The summed E-state index contributed by atoms with van der Waals surface area (Å²) < 4.78 is 0. The molecule has 0 fully saturated rings. The molecule has 0 heterocycles. The number of phenolic OH excluding ortho intramolecular Hbond substituents is 1. The molecule has 0 aromatic heterocycles. The average Bonchev–Trinajstić information content (AvgIpc) is 2.61. The van der Waals surface area contributed by atoms with Crippen LogP contribution in [0.2, 0.25) is 0 Å². The van der Waals surface area contributed by atoms with Crippen molar-refractivity contribution in [1.82, 2.24) is 10.7 Å². The summed E-state index contributed by atoms with van der Waals surface area (Å²) in [5.74, 6) is -0.306. The third-order valence-electron chi connectivity index (χ3n) is 3.75. The number of carbonyl (C=O) groups excluding carboxylic acids is 2. The molecule has 0 aliphatic rings. The number of phenols is 1. The Bertz CT molecular complexity index is 541. The van der Waals surface area contributed by atoms with Gasteiger partial charge in [0.25, 0.3) is 5.91 Å². The predicted octanol–water partition coefficient (Wildman–Crippen LogP) is 3.10. The van der Waals surface area contributed by atoms with Crippen LogP contribution < -0.4 is 10.7 Å². The van der Waals surface area contributed by atoms with Crippen LogP contribution in [-0.2, 0) is 9.59 Å². The third-order valence-corrected chi connectivity index (χ3v) is 3.75. The number of unbranched alkanes of at least 4 members (excludes halogenated alkanes) is 6. The minimum Gasteiger partial charge on any atom is -0.508 e. The number of rotatable bonds is 12. The van der Waals surface area contributed by atoms with Crippen molar-refractivity contribution in [3.63, 3.8) is 0 Å². The first-order valence-corrected chi connectivity index (χ1v) is 8.99. The highest BCUT2D eigenvalue weighted by Crippen LogP contribution is 2.08. The van der Waals surface area contributed by atoms with Gasteiger partial charge in [0.15, 0.2) is 0 Å². The first-order valence-electron chi connectivity index (χ1n) is 8.99. The largest absolute Gasteiger partial charge is 0.508 e. The van der Waals surface area contributed by atoms with E-state index >= 15 is 0 Å². The fourth-order valence-electron chi connectivity index (χ4n) is 2.29. The lowest BCUT2D eigenvalue weighted by atomic mass is 10.1. The lowest BCUT2D eigenvalue weighted by molar-refractivity contribution is -0.126. The van der Waals surface area contributed by atoms with Crippen LogP contribution in [0.1, 0.15) is 63.9 Å². The molecule has 1 aromatic carbocycles. The summed E-state index contributed by atoms with van der Waals surface area (Å²) in [6, 6.07) is 6.42. The Kier molecular flexibility index (Phi) is 10.7. The van der Waals surface area contributed by atoms with Crippen LogP contribution in [0.15, 0.2) is 29.4 Å². The number of benzene rings is 1. The zero-order chi connectivity index (χ0) is 18.3. The molecule has 138 valence electrons. The van der Waals surface area contributed by atoms with Crippen molar-refractivity contribution in [2.75, 3.05) is 6.54 Å². The minimum absolute atomic E-state index is 0.0811. The molecule has 6 nitrogen and oxygen atoms in total. The molecule has 0 unspecified atom stereocenters. The summed E-state index contributed by atoms with van der Waals surface area (Å²) in [7, 11) is 0. The summed E-state index contributed by atoms with van der Waals surface area (Å²) in [5.41, 5.74) is 3.10. The van der Waals surface area contributed by atoms with E-state index < -0.39 is 0 Å². The zero-order valence-electron chi connectivity index (χ0n) is 15.0. The van der Waals surface area contributed by atoms with E-state index in [1.165, 1.54) is 50.5 Å². The highest BCUT2D eigenvalue weighted by Gasteiger charge is 2.04. The Morgan fingerprint density at radius 3 is 2.32 bits per heavy atom. The first-order chi connectivity index (χ1) is 12.1. The number of nitrogens with one attached hydrogen (secondary N) is 2. The molecule has 0 bridgehead atoms. The van der Waals surface area contributed by atoms with Crippen molar-refractivity contribution in [2.24, 2.45) is 5.10 Å². The SMILES string of the molecule is CCCCCCCCCC(=O)NCC(=O)NN=Cc1ccc(O)cc1. The molecule has 0 spiro atoms. The standard InChI is InChI=1S/C19H29N3O3/c1-2-3-4-5-6-7-8-9-18(24)20-15-19(25)22-21-14-16-10-12-17(23)13-11-16/h10-14,23H,2-9,15H2,1H3,(H,20,24)(H,22,25). The molecule has 0 aliphatic heterocycles. The highest BCUT2D eigenvalue weighted by atomic mass is 16.3. The number of nitrogens with zero attached hydrogens (tertiary/aromatic N) is 1. The molecule has 0 saturated carbocycles. The van der Waals surface area contributed by atoms with Gasteiger partial charge in [-0.05, 0) is 36.2 Å². The second kappa shape index (κ2) is 13.0. The molecule has 6 heteroatoms. The van der Waals surface area contributed by atoms with Crippen LogP contribution in [0.3, 0.4) is 0 Å². The average molecular weight is 347 g/mol. The van der Waals surface area contributed by atoms with E-state index in [1.54, 1.807) is 12.1 Å². The Balaban J connectivity index is 2.06. The maximum absolute atomic E-state index is 11.7. The highest BCUT2D eigenvalue weighted by molar-refractivity contribution is 5.86. The quantitative estimate of drug-likeness (QED) is 0.308. The van der Waals surface area contributed by atoms with Crippen LogP contribution >= 0.6 is 0 Å². The maximum Gasteiger partial charge on any atom is 0.259 e. The van der Waals surface area contributed by atoms with Crippen molar-refractivity contribution in [3.8, 4) is 5.75 Å². The first kappa shape index (κ1) is 20.7. The molecular weight excluding hydrogens is 318 g/mol. The van der Waals surface area contributed by atoms with Gasteiger partial charge >= 0.3 is 0 Å². The number of amides is 2. The number of carbonyl (C=O) groups is 2. The van der Waals surface area contributed by atoms with Gasteiger partial charge in [-0.15, -0.1) is 0 Å². The van der Waals surface area contributed by atoms with Gasteiger partial charge in [-0.1, -0.05) is 45.4 Å². The fraction of sp³-hybridized carbons (Fsp3) is 0.526. The number of hydrazone groups is 1. The van der Waals surface area contributed by atoms with Crippen LogP contribution in [0.4, 0.5) is 0 Å². The number of hydrogen-bond donors (Lipinski definition) is 3. The van der Waals surface area contributed by atoms with Gasteiger partial charge < -0.3 is 10.4 Å². The molecule has 0 radical (unpaired) electrons. The Labute approximate surface area is 149 Å². The van der Waals surface area contributed by atoms with Crippen molar-refractivity contribution in [3.05, 3.63) is 29.8 Å². The van der Waals surface area contributed by atoms with Crippen molar-refractivity contribution >= 4 is 18.0 Å². The monoisotopic (exact) mass is 347 g/mol. The van der Waals surface area contributed by atoms with E-state index in [4.69, 9.17) is 5.11 Å². The van der Waals surface area contributed by atoms with Gasteiger partial charge in [-0.25, -0.2) is 5.43 Å². The zero-order valence-corrected chi connectivity index (χ0v) is 15.0. The van der Waals surface area contributed by atoms with E-state index in [0.29, 0.717) is 6.42 Å². The Morgan fingerprint density at radius 1 is 1.00 bits per heavy atom. The summed E-state index contributed by atoms with van der Waals surface area (Å²) in [6.45, 7) is 2.11. The van der Waals surface area contributed by atoms with Crippen molar-refractivity contribution < 1.29 is 14.7 Å². The topological polar surface area (TPSA) is 90.8 Å². The molecule has 0 atom stereocenters. The lowest BCUT2D eigenvalue weighted by Crippen LogP contribution is -2.34. The number of aromatic hydroxyl groups is 1. The van der Waals surface area contributed by atoms with E-state index in [0.717, 1.165) is 18.4 Å². The van der Waals surface area contributed by atoms with Gasteiger partial charge in [-0.2, -0.15) is 5.10 Å². The second-order valence-corrected chi connectivity index (χ2v) is 6.03. The van der Waals surface area contributed by atoms with Crippen molar-refractivity contribution in [2.45, 2.75) is 58.3 Å². The van der Waals surface area contributed by atoms with Gasteiger partial charge in [0.2, 0.25) is 5.91 Å². The van der Waals surface area contributed by atoms with Gasteiger partial charge in [0, 0.05) is 6.42 Å². The molecule has 0 saturated heterocycles. The molecule has 3 N–H and O–H groups in total. The molecule has 0 aliphatic carbocycles. The summed E-state index contributed by atoms with van der Waals surface area (Å²) in [6.07, 6.45) is 10.0. The van der Waals surface area contributed by atoms with E-state index in [2.05, 4.69) is 22.8 Å². The van der Waals surface area contributed by atoms with Crippen LogP contribution in [0.25, 0.3) is 0 Å².